The summed E-state index contributed by atoms with van der Waals surface area (Å²) in [7, 11) is 1.80. The van der Waals surface area contributed by atoms with Gasteiger partial charge in [0.1, 0.15) is 5.01 Å². The number of ether oxygens (including phenoxy) is 1. The number of hydrogen-bond donors (Lipinski definition) is 2. The molecule has 2 heterocycles. The van der Waals surface area contributed by atoms with Gasteiger partial charge in [-0.1, -0.05) is 30.3 Å². The molecule has 2 N–H and O–H groups in total. The van der Waals surface area contributed by atoms with Crippen LogP contribution in [0.25, 0.3) is 10.6 Å². The largest absolute Gasteiger partial charge is 0.373 e. The van der Waals surface area contributed by atoms with E-state index >= 15 is 0 Å². The van der Waals surface area contributed by atoms with Crippen LogP contribution in [0.2, 0.25) is 0 Å². The Morgan fingerprint density at radius 1 is 1.32 bits per heavy atom. The molecule has 5 nitrogen and oxygen atoms in total. The first kappa shape index (κ1) is 17.9. The third-order valence-corrected chi connectivity index (χ3v) is 5.34. The van der Waals surface area contributed by atoms with Crippen LogP contribution >= 0.6 is 11.3 Å². The lowest BCUT2D eigenvalue weighted by Crippen LogP contribution is -2.45. The van der Waals surface area contributed by atoms with Gasteiger partial charge < -0.3 is 15.4 Å². The van der Waals surface area contributed by atoms with Crippen LogP contribution in [0.1, 0.15) is 25.5 Å². The number of guanidine groups is 1. The fourth-order valence-corrected chi connectivity index (χ4v) is 3.77. The molecule has 1 aliphatic heterocycles. The van der Waals surface area contributed by atoms with Crippen LogP contribution in [0.15, 0.2) is 40.7 Å². The Hall–Kier alpha value is -1.92. The molecule has 0 amide bonds. The standard InChI is InChI=1S/C19H26N4OS/c1-19(10-6-12-24-19)14-22-18(20-2)21-11-9-16-13-25-17(23-16)15-7-4-3-5-8-15/h3-5,7-8,13H,6,9-12,14H2,1-2H3,(H2,20,21,22). The molecule has 25 heavy (non-hydrogen) atoms. The van der Waals surface area contributed by atoms with E-state index in [1.165, 1.54) is 5.56 Å². The SMILES string of the molecule is CN=C(NCCc1csc(-c2ccccc2)n1)NCC1(C)CCCO1. The van der Waals surface area contributed by atoms with Crippen molar-refractivity contribution in [1.82, 2.24) is 15.6 Å². The van der Waals surface area contributed by atoms with Gasteiger partial charge in [-0.3, -0.25) is 4.99 Å². The highest BCUT2D eigenvalue weighted by Crippen LogP contribution is 2.24. The minimum atomic E-state index is -0.0723. The maximum absolute atomic E-state index is 5.80. The number of benzene rings is 1. The van der Waals surface area contributed by atoms with Crippen molar-refractivity contribution in [3.63, 3.8) is 0 Å². The maximum atomic E-state index is 5.80. The second-order valence-electron chi connectivity index (χ2n) is 6.51. The van der Waals surface area contributed by atoms with Gasteiger partial charge >= 0.3 is 0 Å². The summed E-state index contributed by atoms with van der Waals surface area (Å²) in [5.74, 6) is 0.815. The number of rotatable bonds is 6. The molecule has 0 aliphatic carbocycles. The fourth-order valence-electron chi connectivity index (χ4n) is 2.91. The second-order valence-corrected chi connectivity index (χ2v) is 7.37. The zero-order valence-electron chi connectivity index (χ0n) is 14.9. The van der Waals surface area contributed by atoms with E-state index in [4.69, 9.17) is 9.72 Å². The van der Waals surface area contributed by atoms with E-state index in [1.54, 1.807) is 18.4 Å². The van der Waals surface area contributed by atoms with E-state index in [2.05, 4.69) is 40.1 Å². The maximum Gasteiger partial charge on any atom is 0.191 e. The zero-order chi connectivity index (χ0) is 17.5. The first-order valence-corrected chi connectivity index (χ1v) is 9.65. The van der Waals surface area contributed by atoms with Crippen molar-refractivity contribution in [2.24, 2.45) is 4.99 Å². The molecule has 0 radical (unpaired) electrons. The van der Waals surface area contributed by atoms with Gasteiger partial charge in [-0.2, -0.15) is 0 Å². The molecule has 0 saturated carbocycles. The van der Waals surface area contributed by atoms with Crippen molar-refractivity contribution in [3.8, 4) is 10.6 Å². The van der Waals surface area contributed by atoms with Gasteiger partial charge in [0.05, 0.1) is 11.3 Å². The summed E-state index contributed by atoms with van der Waals surface area (Å²) in [6, 6.07) is 10.3. The van der Waals surface area contributed by atoms with E-state index < -0.39 is 0 Å². The van der Waals surface area contributed by atoms with Gasteiger partial charge in [-0.15, -0.1) is 11.3 Å². The Balaban J connectivity index is 1.44. The number of aliphatic imine (C=N–C) groups is 1. The molecule has 0 spiro atoms. The van der Waals surface area contributed by atoms with Crippen LogP contribution in [0.4, 0.5) is 0 Å². The average Bonchev–Trinajstić information content (AvgIpc) is 3.28. The van der Waals surface area contributed by atoms with Gasteiger partial charge in [-0.05, 0) is 19.8 Å². The number of thiazole rings is 1. The lowest BCUT2D eigenvalue weighted by atomic mass is 10.0. The van der Waals surface area contributed by atoms with E-state index in [0.29, 0.717) is 0 Å². The lowest BCUT2D eigenvalue weighted by Gasteiger charge is -2.24. The van der Waals surface area contributed by atoms with Crippen molar-refractivity contribution < 1.29 is 4.74 Å². The molecular weight excluding hydrogens is 332 g/mol. The molecule has 1 atom stereocenters. The van der Waals surface area contributed by atoms with Crippen LogP contribution in [-0.4, -0.2) is 43.3 Å². The van der Waals surface area contributed by atoms with Crippen molar-refractivity contribution in [1.29, 1.82) is 0 Å². The number of nitrogens with one attached hydrogen (secondary N) is 2. The Bertz CT molecular complexity index is 692. The highest BCUT2D eigenvalue weighted by molar-refractivity contribution is 7.13. The average molecular weight is 359 g/mol. The highest BCUT2D eigenvalue weighted by atomic mass is 32.1. The lowest BCUT2D eigenvalue weighted by molar-refractivity contribution is 0.0243. The van der Waals surface area contributed by atoms with Gasteiger partial charge in [0.2, 0.25) is 0 Å². The van der Waals surface area contributed by atoms with Crippen LogP contribution in [0.3, 0.4) is 0 Å². The summed E-state index contributed by atoms with van der Waals surface area (Å²) in [6.07, 6.45) is 3.10. The monoisotopic (exact) mass is 358 g/mol. The minimum absolute atomic E-state index is 0.0723. The fraction of sp³-hybridized carbons (Fsp3) is 0.474. The first-order valence-electron chi connectivity index (χ1n) is 8.77. The molecule has 2 aromatic rings. The topological polar surface area (TPSA) is 58.5 Å². The van der Waals surface area contributed by atoms with E-state index in [1.807, 2.05) is 18.2 Å². The summed E-state index contributed by atoms with van der Waals surface area (Å²) in [5.41, 5.74) is 2.21. The van der Waals surface area contributed by atoms with Crippen LogP contribution in [0.5, 0.6) is 0 Å². The van der Waals surface area contributed by atoms with E-state index in [-0.39, 0.29) is 5.60 Å². The van der Waals surface area contributed by atoms with E-state index in [9.17, 15) is 0 Å². The van der Waals surface area contributed by atoms with E-state index in [0.717, 1.165) is 55.6 Å². The minimum Gasteiger partial charge on any atom is -0.373 e. The molecule has 0 bridgehead atoms. The van der Waals surface area contributed by atoms with Crippen molar-refractivity contribution >= 4 is 17.3 Å². The predicted molar refractivity (Wildman–Crippen MR) is 104 cm³/mol. The highest BCUT2D eigenvalue weighted by Gasteiger charge is 2.29. The Labute approximate surface area is 153 Å². The normalized spacial score (nSPS) is 20.6. The Morgan fingerprint density at radius 3 is 2.88 bits per heavy atom. The van der Waals surface area contributed by atoms with Crippen molar-refractivity contribution in [3.05, 3.63) is 41.4 Å². The third kappa shape index (κ3) is 5.03. The van der Waals surface area contributed by atoms with Gasteiger partial charge in [0.15, 0.2) is 5.96 Å². The molecule has 1 unspecified atom stereocenters. The van der Waals surface area contributed by atoms with Crippen molar-refractivity contribution in [2.75, 3.05) is 26.7 Å². The van der Waals surface area contributed by atoms with Gasteiger partial charge in [-0.25, -0.2) is 4.98 Å². The summed E-state index contributed by atoms with van der Waals surface area (Å²) < 4.78 is 5.80. The molecule has 134 valence electrons. The molecule has 1 aromatic heterocycles. The van der Waals surface area contributed by atoms with Crippen LogP contribution in [-0.2, 0) is 11.2 Å². The quantitative estimate of drug-likeness (QED) is 0.615. The molecule has 1 aliphatic rings. The molecule has 1 fully saturated rings. The van der Waals surface area contributed by atoms with Crippen molar-refractivity contribution in [2.45, 2.75) is 31.8 Å². The van der Waals surface area contributed by atoms with Gasteiger partial charge in [0, 0.05) is 44.1 Å². The van der Waals surface area contributed by atoms with Gasteiger partial charge in [0.25, 0.3) is 0 Å². The second kappa shape index (κ2) is 8.45. The summed E-state index contributed by atoms with van der Waals surface area (Å²) in [6.45, 7) is 4.59. The molecule has 3 rings (SSSR count). The molecule has 1 aromatic carbocycles. The van der Waals surface area contributed by atoms with Crippen LogP contribution < -0.4 is 10.6 Å². The zero-order valence-corrected chi connectivity index (χ0v) is 15.7. The van der Waals surface area contributed by atoms with Crippen LogP contribution in [0, 0.1) is 0 Å². The Kier molecular flexibility index (Phi) is 6.04. The number of aromatic nitrogens is 1. The smallest absolute Gasteiger partial charge is 0.191 e. The molecule has 1 saturated heterocycles. The summed E-state index contributed by atoms with van der Waals surface area (Å²) >= 11 is 1.69. The Morgan fingerprint density at radius 2 is 2.16 bits per heavy atom. The number of nitrogens with zero attached hydrogens (tertiary/aromatic N) is 2. The number of hydrogen-bond acceptors (Lipinski definition) is 4. The summed E-state index contributed by atoms with van der Waals surface area (Å²) in [5, 5.41) is 9.93. The predicted octanol–water partition coefficient (Wildman–Crippen LogP) is 3.09. The first-order chi connectivity index (χ1) is 12.2. The molecule has 6 heteroatoms. The third-order valence-electron chi connectivity index (χ3n) is 4.40. The summed E-state index contributed by atoms with van der Waals surface area (Å²) in [4.78, 5) is 9.01. The molecular formula is C19H26N4OS.